The largest absolute Gasteiger partial charge is 0.368 e. The molecule has 0 aliphatic heterocycles. The SMILES string of the molecule is CC(NC(=O)c1ccccc1I)C(N)=O. The molecule has 3 N–H and O–H groups in total. The lowest BCUT2D eigenvalue weighted by atomic mass is 10.2. The Labute approximate surface area is 101 Å². The van der Waals surface area contributed by atoms with E-state index >= 15 is 0 Å². The second-order valence-corrected chi connectivity index (χ2v) is 4.24. The molecule has 2 amide bonds. The van der Waals surface area contributed by atoms with E-state index in [1.54, 1.807) is 19.1 Å². The Morgan fingerprint density at radius 2 is 2.00 bits per heavy atom. The monoisotopic (exact) mass is 318 g/mol. The maximum absolute atomic E-state index is 11.7. The normalized spacial score (nSPS) is 11.9. The van der Waals surface area contributed by atoms with Crippen molar-refractivity contribution in [2.45, 2.75) is 13.0 Å². The van der Waals surface area contributed by atoms with E-state index < -0.39 is 11.9 Å². The smallest absolute Gasteiger partial charge is 0.252 e. The van der Waals surface area contributed by atoms with E-state index in [0.29, 0.717) is 5.56 Å². The maximum Gasteiger partial charge on any atom is 0.252 e. The molecule has 0 radical (unpaired) electrons. The Balaban J connectivity index is 2.78. The summed E-state index contributed by atoms with van der Waals surface area (Å²) < 4.78 is 0.837. The second kappa shape index (κ2) is 5.11. The average molecular weight is 318 g/mol. The lowest BCUT2D eigenvalue weighted by molar-refractivity contribution is -0.119. The number of hydrogen-bond donors (Lipinski definition) is 2. The highest BCUT2D eigenvalue weighted by atomic mass is 127. The van der Waals surface area contributed by atoms with E-state index in [4.69, 9.17) is 5.73 Å². The molecule has 0 spiro atoms. The molecule has 0 fully saturated rings. The van der Waals surface area contributed by atoms with Gasteiger partial charge >= 0.3 is 0 Å². The highest BCUT2D eigenvalue weighted by Crippen LogP contribution is 2.11. The van der Waals surface area contributed by atoms with Crippen LogP contribution < -0.4 is 11.1 Å². The van der Waals surface area contributed by atoms with Gasteiger partial charge in [-0.05, 0) is 41.6 Å². The average Bonchev–Trinajstić information content (AvgIpc) is 2.18. The zero-order chi connectivity index (χ0) is 11.4. The molecule has 1 unspecified atom stereocenters. The van der Waals surface area contributed by atoms with Crippen LogP contribution in [0.2, 0.25) is 0 Å². The molecule has 0 aliphatic rings. The third kappa shape index (κ3) is 3.19. The third-order valence-corrected chi connectivity index (χ3v) is 2.83. The van der Waals surface area contributed by atoms with Crippen molar-refractivity contribution in [3.8, 4) is 0 Å². The van der Waals surface area contributed by atoms with Crippen molar-refractivity contribution in [1.29, 1.82) is 0 Å². The van der Waals surface area contributed by atoms with Crippen LogP contribution in [0.4, 0.5) is 0 Å². The number of nitrogens with two attached hydrogens (primary N) is 1. The van der Waals surface area contributed by atoms with Crippen molar-refractivity contribution in [2.24, 2.45) is 5.73 Å². The van der Waals surface area contributed by atoms with Gasteiger partial charge in [0.05, 0.1) is 5.56 Å². The Bertz CT molecular complexity index is 393. The molecule has 0 aliphatic carbocycles. The summed E-state index contributed by atoms with van der Waals surface area (Å²) in [6.45, 7) is 1.55. The Morgan fingerprint density at radius 3 is 2.53 bits per heavy atom. The molecule has 4 nitrogen and oxygen atoms in total. The quantitative estimate of drug-likeness (QED) is 0.813. The molecule has 0 saturated carbocycles. The topological polar surface area (TPSA) is 72.2 Å². The minimum absolute atomic E-state index is 0.286. The van der Waals surface area contributed by atoms with Gasteiger partial charge in [-0.1, -0.05) is 12.1 Å². The summed E-state index contributed by atoms with van der Waals surface area (Å²) in [5.74, 6) is -0.833. The predicted molar refractivity (Wildman–Crippen MR) is 65.3 cm³/mol. The van der Waals surface area contributed by atoms with E-state index in [2.05, 4.69) is 27.9 Å². The van der Waals surface area contributed by atoms with Crippen LogP contribution in [0.5, 0.6) is 0 Å². The van der Waals surface area contributed by atoms with Crippen LogP contribution in [0.25, 0.3) is 0 Å². The van der Waals surface area contributed by atoms with Gasteiger partial charge in [-0.15, -0.1) is 0 Å². The molecule has 0 aromatic heterocycles. The minimum Gasteiger partial charge on any atom is -0.368 e. The fraction of sp³-hybridized carbons (Fsp3) is 0.200. The van der Waals surface area contributed by atoms with Gasteiger partial charge in [0.1, 0.15) is 6.04 Å². The van der Waals surface area contributed by atoms with Gasteiger partial charge in [-0.25, -0.2) is 0 Å². The lowest BCUT2D eigenvalue weighted by Gasteiger charge is -2.10. The van der Waals surface area contributed by atoms with Gasteiger partial charge < -0.3 is 11.1 Å². The Hall–Kier alpha value is -1.11. The Kier molecular flexibility index (Phi) is 4.07. The highest BCUT2D eigenvalue weighted by Gasteiger charge is 2.14. The number of carbonyl (C=O) groups excluding carboxylic acids is 2. The molecule has 1 aromatic rings. The van der Waals surface area contributed by atoms with Crippen LogP contribution in [0, 0.1) is 3.57 Å². The first-order valence-electron chi connectivity index (χ1n) is 4.37. The summed E-state index contributed by atoms with van der Waals surface area (Å²) in [6, 6.07) is 6.48. The van der Waals surface area contributed by atoms with Gasteiger partial charge in [0, 0.05) is 3.57 Å². The first kappa shape index (κ1) is 12.0. The molecule has 1 atom stereocenters. The fourth-order valence-electron chi connectivity index (χ4n) is 0.991. The molecule has 1 rings (SSSR count). The van der Waals surface area contributed by atoms with Crippen LogP contribution in [-0.2, 0) is 4.79 Å². The number of amides is 2. The summed E-state index contributed by atoms with van der Waals surface area (Å²) in [5.41, 5.74) is 5.59. The van der Waals surface area contributed by atoms with Crippen molar-refractivity contribution >= 4 is 34.4 Å². The van der Waals surface area contributed by atoms with Crippen molar-refractivity contribution < 1.29 is 9.59 Å². The minimum atomic E-state index is -0.659. The lowest BCUT2D eigenvalue weighted by Crippen LogP contribution is -2.42. The van der Waals surface area contributed by atoms with Gasteiger partial charge in [0.25, 0.3) is 5.91 Å². The number of rotatable bonds is 3. The van der Waals surface area contributed by atoms with Crippen LogP contribution in [-0.4, -0.2) is 17.9 Å². The van der Waals surface area contributed by atoms with Crippen molar-refractivity contribution in [1.82, 2.24) is 5.32 Å². The number of primary amides is 1. The highest BCUT2D eigenvalue weighted by molar-refractivity contribution is 14.1. The molecule has 5 heteroatoms. The Morgan fingerprint density at radius 1 is 1.40 bits per heavy atom. The molecule has 0 saturated heterocycles. The van der Waals surface area contributed by atoms with Gasteiger partial charge in [0.15, 0.2) is 0 Å². The summed E-state index contributed by atoms with van der Waals surface area (Å²) >= 11 is 2.06. The second-order valence-electron chi connectivity index (χ2n) is 3.08. The van der Waals surface area contributed by atoms with E-state index in [9.17, 15) is 9.59 Å². The molecule has 0 bridgehead atoms. The molecule has 0 heterocycles. The molecule has 1 aromatic carbocycles. The molecular formula is C10H11IN2O2. The van der Waals surface area contributed by atoms with Gasteiger partial charge in [-0.2, -0.15) is 0 Å². The summed E-state index contributed by atoms with van der Waals surface area (Å²) in [5, 5.41) is 2.52. The molecule has 15 heavy (non-hydrogen) atoms. The first-order chi connectivity index (χ1) is 7.02. The molecular weight excluding hydrogens is 307 g/mol. The van der Waals surface area contributed by atoms with E-state index in [1.807, 2.05) is 12.1 Å². The van der Waals surface area contributed by atoms with Gasteiger partial charge in [-0.3, -0.25) is 9.59 Å². The maximum atomic E-state index is 11.7. The van der Waals surface area contributed by atoms with Crippen molar-refractivity contribution in [3.05, 3.63) is 33.4 Å². The first-order valence-corrected chi connectivity index (χ1v) is 5.45. The fourth-order valence-corrected chi connectivity index (χ4v) is 1.62. The number of benzene rings is 1. The summed E-state index contributed by atoms with van der Waals surface area (Å²) in [7, 11) is 0. The standard InChI is InChI=1S/C10H11IN2O2/c1-6(9(12)14)13-10(15)7-4-2-3-5-8(7)11/h2-6H,1H3,(H2,12,14)(H,13,15). The number of carbonyl (C=O) groups is 2. The van der Waals surface area contributed by atoms with E-state index in [0.717, 1.165) is 3.57 Å². The van der Waals surface area contributed by atoms with E-state index in [1.165, 1.54) is 0 Å². The van der Waals surface area contributed by atoms with Crippen molar-refractivity contribution in [2.75, 3.05) is 0 Å². The number of halogens is 1. The van der Waals surface area contributed by atoms with Crippen LogP contribution >= 0.6 is 22.6 Å². The number of nitrogens with one attached hydrogen (secondary N) is 1. The summed E-state index contributed by atoms with van der Waals surface area (Å²) in [6.07, 6.45) is 0. The zero-order valence-electron chi connectivity index (χ0n) is 8.16. The molecule has 80 valence electrons. The number of hydrogen-bond acceptors (Lipinski definition) is 2. The predicted octanol–water partition coefficient (Wildman–Crippen LogP) is 0.895. The van der Waals surface area contributed by atoms with E-state index in [-0.39, 0.29) is 5.91 Å². The van der Waals surface area contributed by atoms with Crippen LogP contribution in [0.15, 0.2) is 24.3 Å². The van der Waals surface area contributed by atoms with Crippen molar-refractivity contribution in [3.63, 3.8) is 0 Å². The van der Waals surface area contributed by atoms with Crippen LogP contribution in [0.3, 0.4) is 0 Å². The van der Waals surface area contributed by atoms with Crippen LogP contribution in [0.1, 0.15) is 17.3 Å². The zero-order valence-corrected chi connectivity index (χ0v) is 10.3. The summed E-state index contributed by atoms with van der Waals surface area (Å²) in [4.78, 5) is 22.4. The third-order valence-electron chi connectivity index (χ3n) is 1.89. The van der Waals surface area contributed by atoms with Gasteiger partial charge in [0.2, 0.25) is 5.91 Å².